The molecule has 18 heavy (non-hydrogen) atoms. The molecule has 1 aromatic carbocycles. The van der Waals surface area contributed by atoms with E-state index in [9.17, 15) is 4.79 Å². The van der Waals surface area contributed by atoms with E-state index in [1.54, 1.807) is 0 Å². The van der Waals surface area contributed by atoms with E-state index in [0.29, 0.717) is 0 Å². The van der Waals surface area contributed by atoms with Crippen molar-refractivity contribution in [2.24, 2.45) is 0 Å². The van der Waals surface area contributed by atoms with E-state index in [2.05, 4.69) is 17.4 Å². The first kappa shape index (κ1) is 12.9. The van der Waals surface area contributed by atoms with Crippen LogP contribution in [0.2, 0.25) is 0 Å². The second kappa shape index (κ2) is 5.01. The summed E-state index contributed by atoms with van der Waals surface area (Å²) in [4.78, 5) is 11.6. The van der Waals surface area contributed by atoms with Crippen molar-refractivity contribution >= 4 is 5.91 Å². The summed E-state index contributed by atoms with van der Waals surface area (Å²) < 4.78 is 5.53. The minimum absolute atomic E-state index is 0.0794. The molecule has 0 fully saturated rings. The van der Waals surface area contributed by atoms with Gasteiger partial charge in [0.05, 0.1) is 0 Å². The fourth-order valence-electron chi connectivity index (χ4n) is 2.24. The Hall–Kier alpha value is -1.51. The van der Waals surface area contributed by atoms with Gasteiger partial charge in [0.1, 0.15) is 5.75 Å². The van der Waals surface area contributed by atoms with Crippen LogP contribution >= 0.6 is 0 Å². The predicted molar refractivity (Wildman–Crippen MR) is 71.9 cm³/mol. The van der Waals surface area contributed by atoms with Crippen molar-refractivity contribution in [2.75, 3.05) is 6.61 Å². The van der Waals surface area contributed by atoms with Crippen LogP contribution in [0.15, 0.2) is 18.2 Å². The molecule has 98 valence electrons. The van der Waals surface area contributed by atoms with Gasteiger partial charge in [-0.3, -0.25) is 4.79 Å². The lowest BCUT2D eigenvalue weighted by Gasteiger charge is -2.20. The fraction of sp³-hybridized carbons (Fsp3) is 0.533. The summed E-state index contributed by atoms with van der Waals surface area (Å²) in [5.74, 6) is 0.711. The molecule has 0 aromatic heterocycles. The van der Waals surface area contributed by atoms with E-state index < -0.39 is 0 Å². The molecule has 0 atom stereocenters. The normalized spacial score (nSPS) is 14.2. The maximum atomic E-state index is 11.6. The molecular formula is C15H21NO2. The van der Waals surface area contributed by atoms with E-state index in [0.717, 1.165) is 12.2 Å². The lowest BCUT2D eigenvalue weighted by Crippen LogP contribution is -2.43. The highest BCUT2D eigenvalue weighted by Gasteiger charge is 2.15. The highest BCUT2D eigenvalue weighted by Crippen LogP contribution is 2.25. The van der Waals surface area contributed by atoms with Gasteiger partial charge in [0.15, 0.2) is 6.61 Å². The van der Waals surface area contributed by atoms with Gasteiger partial charge < -0.3 is 10.1 Å². The molecule has 1 amide bonds. The van der Waals surface area contributed by atoms with Crippen molar-refractivity contribution in [1.82, 2.24) is 5.32 Å². The van der Waals surface area contributed by atoms with Crippen molar-refractivity contribution in [3.63, 3.8) is 0 Å². The third-order valence-corrected chi connectivity index (χ3v) is 2.95. The molecule has 2 rings (SSSR count). The molecule has 0 radical (unpaired) electrons. The van der Waals surface area contributed by atoms with Crippen LogP contribution < -0.4 is 10.1 Å². The summed E-state index contributed by atoms with van der Waals surface area (Å²) in [6.07, 6.45) is 3.52. The second-order valence-electron chi connectivity index (χ2n) is 5.87. The first-order chi connectivity index (χ1) is 8.44. The Morgan fingerprint density at radius 2 is 2.00 bits per heavy atom. The monoisotopic (exact) mass is 247 g/mol. The smallest absolute Gasteiger partial charge is 0.258 e. The molecule has 0 aliphatic heterocycles. The van der Waals surface area contributed by atoms with Crippen molar-refractivity contribution in [2.45, 2.75) is 45.6 Å². The number of hydrogen-bond acceptors (Lipinski definition) is 2. The van der Waals surface area contributed by atoms with Crippen molar-refractivity contribution in [1.29, 1.82) is 0 Å². The number of hydrogen-bond donors (Lipinski definition) is 1. The van der Waals surface area contributed by atoms with E-state index in [-0.39, 0.29) is 18.1 Å². The minimum Gasteiger partial charge on any atom is -0.484 e. The van der Waals surface area contributed by atoms with Crippen LogP contribution in [0, 0.1) is 0 Å². The Kier molecular flexibility index (Phi) is 3.60. The number of aryl methyl sites for hydroxylation is 2. The highest BCUT2D eigenvalue weighted by molar-refractivity contribution is 5.78. The Labute approximate surface area is 109 Å². The molecule has 1 aliphatic rings. The number of fused-ring (bicyclic) bond motifs is 1. The molecule has 0 unspecified atom stereocenters. The van der Waals surface area contributed by atoms with Gasteiger partial charge in [-0.05, 0) is 63.3 Å². The van der Waals surface area contributed by atoms with Gasteiger partial charge in [-0.25, -0.2) is 0 Å². The average molecular weight is 247 g/mol. The first-order valence-electron chi connectivity index (χ1n) is 6.50. The van der Waals surface area contributed by atoms with Crippen LogP contribution in [0.3, 0.4) is 0 Å². The topological polar surface area (TPSA) is 38.3 Å². The molecule has 1 aliphatic carbocycles. The number of ether oxygens (including phenoxy) is 1. The summed E-state index contributed by atoms with van der Waals surface area (Å²) in [7, 11) is 0. The van der Waals surface area contributed by atoms with E-state index >= 15 is 0 Å². The summed E-state index contributed by atoms with van der Waals surface area (Å²) >= 11 is 0. The van der Waals surface area contributed by atoms with Crippen LogP contribution in [-0.2, 0) is 17.6 Å². The van der Waals surface area contributed by atoms with Gasteiger partial charge in [-0.2, -0.15) is 0 Å². The standard InChI is InChI=1S/C15H21NO2/c1-15(2,3)16-14(17)10-18-13-8-7-11-5-4-6-12(11)9-13/h7-9H,4-6,10H2,1-3H3,(H,16,17). The molecule has 3 heteroatoms. The number of benzene rings is 1. The van der Waals surface area contributed by atoms with Crippen LogP contribution in [0.25, 0.3) is 0 Å². The average Bonchev–Trinajstić information content (AvgIpc) is 2.71. The molecule has 1 N–H and O–H groups in total. The Morgan fingerprint density at radius 1 is 1.28 bits per heavy atom. The third kappa shape index (κ3) is 3.49. The predicted octanol–water partition coefficient (Wildman–Crippen LogP) is 2.47. The molecule has 0 spiro atoms. The van der Waals surface area contributed by atoms with Crippen LogP contribution in [0.4, 0.5) is 0 Å². The number of nitrogens with one attached hydrogen (secondary N) is 1. The van der Waals surface area contributed by atoms with Gasteiger partial charge in [0, 0.05) is 5.54 Å². The van der Waals surface area contributed by atoms with Gasteiger partial charge in [0.2, 0.25) is 0 Å². The zero-order chi connectivity index (χ0) is 13.2. The van der Waals surface area contributed by atoms with Gasteiger partial charge in [-0.1, -0.05) is 6.07 Å². The molecular weight excluding hydrogens is 226 g/mol. The highest BCUT2D eigenvalue weighted by atomic mass is 16.5. The van der Waals surface area contributed by atoms with Crippen LogP contribution in [0.5, 0.6) is 5.75 Å². The van der Waals surface area contributed by atoms with E-state index in [1.807, 2.05) is 26.8 Å². The zero-order valence-electron chi connectivity index (χ0n) is 11.4. The maximum Gasteiger partial charge on any atom is 0.258 e. The molecule has 0 bridgehead atoms. The van der Waals surface area contributed by atoms with Crippen molar-refractivity contribution in [3.8, 4) is 5.75 Å². The van der Waals surface area contributed by atoms with Gasteiger partial charge in [0.25, 0.3) is 5.91 Å². The zero-order valence-corrected chi connectivity index (χ0v) is 11.4. The SMILES string of the molecule is CC(C)(C)NC(=O)COc1ccc2c(c1)CCC2. The Morgan fingerprint density at radius 3 is 2.72 bits per heavy atom. The molecule has 0 saturated heterocycles. The largest absolute Gasteiger partial charge is 0.484 e. The first-order valence-corrected chi connectivity index (χ1v) is 6.50. The van der Waals surface area contributed by atoms with E-state index in [4.69, 9.17) is 4.74 Å². The number of carbonyl (C=O) groups excluding carboxylic acids is 1. The summed E-state index contributed by atoms with van der Waals surface area (Å²) in [6, 6.07) is 6.13. The van der Waals surface area contributed by atoms with Gasteiger partial charge >= 0.3 is 0 Å². The molecule has 3 nitrogen and oxygen atoms in total. The number of rotatable bonds is 3. The summed E-state index contributed by atoms with van der Waals surface area (Å²) in [5.41, 5.74) is 2.57. The maximum absolute atomic E-state index is 11.6. The summed E-state index contributed by atoms with van der Waals surface area (Å²) in [5, 5.41) is 2.88. The second-order valence-corrected chi connectivity index (χ2v) is 5.87. The Bertz CT molecular complexity index is 446. The lowest BCUT2D eigenvalue weighted by molar-refractivity contribution is -0.124. The van der Waals surface area contributed by atoms with Crippen molar-refractivity contribution in [3.05, 3.63) is 29.3 Å². The molecule has 0 saturated carbocycles. The fourth-order valence-corrected chi connectivity index (χ4v) is 2.24. The number of amides is 1. The van der Waals surface area contributed by atoms with Crippen LogP contribution in [0.1, 0.15) is 38.3 Å². The Balaban J connectivity index is 1.89. The number of carbonyl (C=O) groups is 1. The van der Waals surface area contributed by atoms with Crippen molar-refractivity contribution < 1.29 is 9.53 Å². The minimum atomic E-state index is -0.210. The van der Waals surface area contributed by atoms with E-state index in [1.165, 1.54) is 24.0 Å². The lowest BCUT2D eigenvalue weighted by atomic mass is 10.1. The third-order valence-electron chi connectivity index (χ3n) is 2.95. The molecule has 0 heterocycles. The molecule has 1 aromatic rings. The quantitative estimate of drug-likeness (QED) is 0.891. The summed E-state index contributed by atoms with van der Waals surface area (Å²) in [6.45, 7) is 5.96. The van der Waals surface area contributed by atoms with Crippen LogP contribution in [-0.4, -0.2) is 18.1 Å². The van der Waals surface area contributed by atoms with Gasteiger partial charge in [-0.15, -0.1) is 0 Å².